The lowest BCUT2D eigenvalue weighted by atomic mass is 9.80. The first-order valence-corrected chi connectivity index (χ1v) is 6.76. The fourth-order valence-electron chi connectivity index (χ4n) is 2.20. The molecule has 0 aromatic heterocycles. The van der Waals surface area contributed by atoms with Crippen molar-refractivity contribution in [1.82, 2.24) is 4.90 Å². The number of hydrogen-bond donors (Lipinski definition) is 1. The van der Waals surface area contributed by atoms with E-state index in [0.29, 0.717) is 12.3 Å². The second-order valence-electron chi connectivity index (χ2n) is 6.39. The molecule has 0 spiro atoms. The summed E-state index contributed by atoms with van der Waals surface area (Å²) in [5.41, 5.74) is 0.167. The molecule has 0 bridgehead atoms. The van der Waals surface area contributed by atoms with Gasteiger partial charge in [-0.15, -0.1) is 0 Å². The van der Waals surface area contributed by atoms with Gasteiger partial charge in [0.2, 0.25) is 5.91 Å². The lowest BCUT2D eigenvalue weighted by molar-refractivity contribution is -0.137. The third-order valence-electron chi connectivity index (χ3n) is 4.12. The molecule has 2 unspecified atom stereocenters. The molecular weight excluding hydrogens is 214 g/mol. The van der Waals surface area contributed by atoms with Gasteiger partial charge in [-0.2, -0.15) is 0 Å². The Kier molecular flexibility index (Phi) is 4.99. The lowest BCUT2D eigenvalue weighted by Gasteiger charge is -2.36. The van der Waals surface area contributed by atoms with Gasteiger partial charge in [0.1, 0.15) is 0 Å². The molecule has 1 heterocycles. The van der Waals surface area contributed by atoms with Crippen LogP contribution in [0.2, 0.25) is 0 Å². The van der Waals surface area contributed by atoms with Crippen molar-refractivity contribution < 1.29 is 9.90 Å². The van der Waals surface area contributed by atoms with Gasteiger partial charge in [0.05, 0.1) is 12.6 Å². The maximum Gasteiger partial charge on any atom is 0.223 e. The second-order valence-corrected chi connectivity index (χ2v) is 6.39. The summed E-state index contributed by atoms with van der Waals surface area (Å²) >= 11 is 0. The van der Waals surface area contributed by atoms with E-state index in [1.807, 2.05) is 4.90 Å². The van der Waals surface area contributed by atoms with Gasteiger partial charge in [0, 0.05) is 13.0 Å². The molecule has 3 nitrogen and oxygen atoms in total. The van der Waals surface area contributed by atoms with E-state index < -0.39 is 0 Å². The predicted molar refractivity (Wildman–Crippen MR) is 69.7 cm³/mol. The average molecular weight is 241 g/mol. The van der Waals surface area contributed by atoms with Crippen molar-refractivity contribution in [2.75, 3.05) is 13.2 Å². The number of likely N-dealkylation sites (tertiary alicyclic amines) is 1. The molecule has 0 aromatic rings. The second kappa shape index (κ2) is 5.85. The third kappa shape index (κ3) is 3.98. The van der Waals surface area contributed by atoms with E-state index in [0.717, 1.165) is 25.8 Å². The Labute approximate surface area is 105 Å². The molecule has 0 aliphatic carbocycles. The Bertz CT molecular complexity index is 257. The molecule has 0 saturated carbocycles. The zero-order chi connectivity index (χ0) is 13.1. The first-order chi connectivity index (χ1) is 7.86. The highest BCUT2D eigenvalue weighted by atomic mass is 16.3. The van der Waals surface area contributed by atoms with E-state index in [1.165, 1.54) is 0 Å². The monoisotopic (exact) mass is 241 g/mol. The van der Waals surface area contributed by atoms with Crippen molar-refractivity contribution in [3.8, 4) is 0 Å². The standard InChI is InChI=1S/C14H27NO2/c1-11(14(2,3)4)9-13(17)15-8-6-5-7-12(15)10-16/h11-12,16H,5-10H2,1-4H3. The van der Waals surface area contributed by atoms with Crippen LogP contribution in [0.25, 0.3) is 0 Å². The summed E-state index contributed by atoms with van der Waals surface area (Å²) in [5, 5.41) is 9.31. The minimum Gasteiger partial charge on any atom is -0.394 e. The molecule has 2 atom stereocenters. The minimum atomic E-state index is 0.0587. The summed E-state index contributed by atoms with van der Waals surface area (Å²) in [6, 6.07) is 0.0587. The van der Waals surface area contributed by atoms with E-state index >= 15 is 0 Å². The van der Waals surface area contributed by atoms with Gasteiger partial charge in [0.25, 0.3) is 0 Å². The van der Waals surface area contributed by atoms with Gasteiger partial charge < -0.3 is 10.0 Å². The van der Waals surface area contributed by atoms with Crippen molar-refractivity contribution >= 4 is 5.91 Å². The Morgan fingerprint density at radius 2 is 2.06 bits per heavy atom. The van der Waals surface area contributed by atoms with Crippen molar-refractivity contribution in [2.24, 2.45) is 11.3 Å². The number of aliphatic hydroxyl groups excluding tert-OH is 1. The average Bonchev–Trinajstić information content (AvgIpc) is 2.27. The largest absolute Gasteiger partial charge is 0.394 e. The topological polar surface area (TPSA) is 40.5 Å². The molecule has 1 N–H and O–H groups in total. The number of carbonyl (C=O) groups is 1. The maximum absolute atomic E-state index is 12.2. The number of hydrogen-bond acceptors (Lipinski definition) is 2. The van der Waals surface area contributed by atoms with Gasteiger partial charge in [-0.05, 0) is 30.6 Å². The molecule has 1 aliphatic heterocycles. The zero-order valence-electron chi connectivity index (χ0n) is 11.7. The van der Waals surface area contributed by atoms with Crippen LogP contribution in [0.4, 0.5) is 0 Å². The highest BCUT2D eigenvalue weighted by Gasteiger charge is 2.29. The molecule has 1 aliphatic rings. The number of aliphatic hydroxyl groups is 1. The summed E-state index contributed by atoms with van der Waals surface area (Å²) in [6.07, 6.45) is 3.75. The molecule has 1 amide bonds. The Hall–Kier alpha value is -0.570. The SMILES string of the molecule is CC(CC(=O)N1CCCCC1CO)C(C)(C)C. The highest BCUT2D eigenvalue weighted by Crippen LogP contribution is 2.29. The van der Waals surface area contributed by atoms with Crippen LogP contribution in [-0.2, 0) is 4.79 Å². The van der Waals surface area contributed by atoms with Crippen molar-refractivity contribution in [3.63, 3.8) is 0 Å². The number of carbonyl (C=O) groups excluding carboxylic acids is 1. The molecule has 3 heteroatoms. The minimum absolute atomic E-state index is 0.0587. The first kappa shape index (κ1) is 14.5. The number of rotatable bonds is 3. The van der Waals surface area contributed by atoms with Crippen LogP contribution >= 0.6 is 0 Å². The van der Waals surface area contributed by atoms with Crippen LogP contribution < -0.4 is 0 Å². The van der Waals surface area contributed by atoms with Crippen LogP contribution in [0.15, 0.2) is 0 Å². The summed E-state index contributed by atoms with van der Waals surface area (Å²) in [6.45, 7) is 9.58. The first-order valence-electron chi connectivity index (χ1n) is 6.76. The number of amides is 1. The van der Waals surface area contributed by atoms with Gasteiger partial charge >= 0.3 is 0 Å². The molecule has 0 radical (unpaired) electrons. The van der Waals surface area contributed by atoms with E-state index in [9.17, 15) is 9.90 Å². The Balaban J connectivity index is 2.56. The summed E-state index contributed by atoms with van der Waals surface area (Å²) in [5.74, 6) is 0.586. The van der Waals surface area contributed by atoms with Crippen LogP contribution in [0.1, 0.15) is 53.4 Å². The molecule has 1 saturated heterocycles. The summed E-state index contributed by atoms with van der Waals surface area (Å²) in [4.78, 5) is 14.1. The zero-order valence-corrected chi connectivity index (χ0v) is 11.7. The smallest absolute Gasteiger partial charge is 0.223 e. The fourth-order valence-corrected chi connectivity index (χ4v) is 2.20. The highest BCUT2D eigenvalue weighted by molar-refractivity contribution is 5.77. The number of nitrogens with zero attached hydrogens (tertiary/aromatic N) is 1. The predicted octanol–water partition coefficient (Wildman–Crippen LogP) is 2.43. The van der Waals surface area contributed by atoms with Crippen LogP contribution in [0.5, 0.6) is 0 Å². The Morgan fingerprint density at radius 1 is 1.41 bits per heavy atom. The maximum atomic E-state index is 12.2. The number of piperidine rings is 1. The normalized spacial score (nSPS) is 23.6. The molecule has 0 aromatic carbocycles. The fraction of sp³-hybridized carbons (Fsp3) is 0.929. The molecule has 1 rings (SSSR count). The molecule has 100 valence electrons. The molecule has 17 heavy (non-hydrogen) atoms. The molecular formula is C14H27NO2. The van der Waals surface area contributed by atoms with Crippen molar-refractivity contribution in [3.05, 3.63) is 0 Å². The van der Waals surface area contributed by atoms with Gasteiger partial charge in [-0.1, -0.05) is 27.7 Å². The van der Waals surface area contributed by atoms with Crippen LogP contribution in [-0.4, -0.2) is 35.1 Å². The molecule has 1 fully saturated rings. The van der Waals surface area contributed by atoms with E-state index in [2.05, 4.69) is 27.7 Å². The van der Waals surface area contributed by atoms with Crippen LogP contribution in [0, 0.1) is 11.3 Å². The van der Waals surface area contributed by atoms with Gasteiger partial charge in [0.15, 0.2) is 0 Å². The van der Waals surface area contributed by atoms with Gasteiger partial charge in [-0.25, -0.2) is 0 Å². The third-order valence-corrected chi connectivity index (χ3v) is 4.12. The van der Waals surface area contributed by atoms with Crippen molar-refractivity contribution in [1.29, 1.82) is 0 Å². The van der Waals surface area contributed by atoms with E-state index in [4.69, 9.17) is 0 Å². The Morgan fingerprint density at radius 3 is 2.59 bits per heavy atom. The van der Waals surface area contributed by atoms with Crippen LogP contribution in [0.3, 0.4) is 0 Å². The van der Waals surface area contributed by atoms with E-state index in [1.54, 1.807) is 0 Å². The summed E-state index contributed by atoms with van der Waals surface area (Å²) < 4.78 is 0. The lowest BCUT2D eigenvalue weighted by Crippen LogP contribution is -2.46. The van der Waals surface area contributed by atoms with Gasteiger partial charge in [-0.3, -0.25) is 4.79 Å². The van der Waals surface area contributed by atoms with Crippen molar-refractivity contribution in [2.45, 2.75) is 59.4 Å². The summed E-state index contributed by atoms with van der Waals surface area (Å²) in [7, 11) is 0. The van der Waals surface area contributed by atoms with E-state index in [-0.39, 0.29) is 24.0 Å². The quantitative estimate of drug-likeness (QED) is 0.824.